The predicted molar refractivity (Wildman–Crippen MR) is 74.9 cm³/mol. The second kappa shape index (κ2) is 5.54. The molecule has 0 saturated carbocycles. The first-order valence-electron chi connectivity index (χ1n) is 5.20. The van der Waals surface area contributed by atoms with Gasteiger partial charge in [0, 0.05) is 28.4 Å². The van der Waals surface area contributed by atoms with Crippen LogP contribution in [0.4, 0.5) is 5.69 Å². The number of pyridine rings is 1. The number of ether oxygens (including phenoxy) is 1. The van der Waals surface area contributed by atoms with E-state index in [2.05, 4.69) is 20.9 Å². The van der Waals surface area contributed by atoms with Gasteiger partial charge in [0.15, 0.2) is 0 Å². The van der Waals surface area contributed by atoms with E-state index in [4.69, 9.17) is 16.3 Å². The lowest BCUT2D eigenvalue weighted by Crippen LogP contribution is -1.92. The van der Waals surface area contributed by atoms with Crippen molar-refractivity contribution >= 4 is 33.2 Å². The first-order chi connectivity index (χ1) is 8.95. The summed E-state index contributed by atoms with van der Waals surface area (Å²) in [5, 5.41) is 11.1. The highest BCUT2D eigenvalue weighted by Crippen LogP contribution is 2.31. The fourth-order valence-electron chi connectivity index (χ4n) is 1.43. The Balaban J connectivity index is 2.38. The molecule has 98 valence electrons. The third-order valence-corrected chi connectivity index (χ3v) is 2.98. The second-order valence-corrected chi connectivity index (χ2v) is 5.08. The van der Waals surface area contributed by atoms with Gasteiger partial charge in [0.05, 0.1) is 11.0 Å². The van der Waals surface area contributed by atoms with Crippen molar-refractivity contribution in [3.8, 4) is 11.5 Å². The van der Waals surface area contributed by atoms with Crippen molar-refractivity contribution in [2.75, 3.05) is 0 Å². The molecule has 0 atom stereocenters. The number of benzene rings is 1. The third kappa shape index (κ3) is 3.42. The minimum atomic E-state index is -0.482. The summed E-state index contributed by atoms with van der Waals surface area (Å²) in [6.07, 6.45) is 1.57. The predicted octanol–water partition coefficient (Wildman–Crippen LogP) is 4.51. The van der Waals surface area contributed by atoms with Gasteiger partial charge in [0.25, 0.3) is 5.69 Å². The smallest absolute Gasteiger partial charge is 0.274 e. The number of nitro groups is 1. The third-order valence-electron chi connectivity index (χ3n) is 2.32. The minimum absolute atomic E-state index is 0.0535. The molecule has 0 spiro atoms. The molecule has 0 unspecified atom stereocenters. The number of halogens is 2. The van der Waals surface area contributed by atoms with Gasteiger partial charge in [0.2, 0.25) is 0 Å². The average molecular weight is 344 g/mol. The Hall–Kier alpha value is -1.66. The molecule has 1 aromatic carbocycles. The zero-order valence-corrected chi connectivity index (χ0v) is 12.1. The first kappa shape index (κ1) is 13.8. The SMILES string of the molecule is Cc1cnc(Cl)cc1Oc1cc(Br)cc([N+](=O)[O-])c1. The van der Waals surface area contributed by atoms with Crippen LogP contribution in [0.25, 0.3) is 0 Å². The van der Waals surface area contributed by atoms with E-state index in [9.17, 15) is 10.1 Å². The summed E-state index contributed by atoms with van der Waals surface area (Å²) in [7, 11) is 0. The Morgan fingerprint density at radius 2 is 2.11 bits per heavy atom. The van der Waals surface area contributed by atoms with Crippen molar-refractivity contribution in [1.82, 2.24) is 4.98 Å². The van der Waals surface area contributed by atoms with E-state index < -0.39 is 4.92 Å². The number of nitrogens with zero attached hydrogens (tertiary/aromatic N) is 2. The number of non-ortho nitro benzene ring substituents is 1. The van der Waals surface area contributed by atoms with Gasteiger partial charge in [-0.25, -0.2) is 4.98 Å². The molecule has 0 bridgehead atoms. The van der Waals surface area contributed by atoms with Crippen molar-refractivity contribution in [1.29, 1.82) is 0 Å². The summed E-state index contributed by atoms with van der Waals surface area (Å²) in [6, 6.07) is 5.95. The summed E-state index contributed by atoms with van der Waals surface area (Å²) in [6.45, 7) is 1.81. The molecule has 0 N–H and O–H groups in total. The molecule has 2 rings (SSSR count). The first-order valence-corrected chi connectivity index (χ1v) is 6.38. The van der Waals surface area contributed by atoms with Crippen LogP contribution in [0.1, 0.15) is 5.56 Å². The van der Waals surface area contributed by atoms with Gasteiger partial charge >= 0.3 is 0 Å². The second-order valence-electron chi connectivity index (χ2n) is 3.78. The van der Waals surface area contributed by atoms with Gasteiger partial charge < -0.3 is 4.74 Å². The fourth-order valence-corrected chi connectivity index (χ4v) is 2.04. The Labute approximate surface area is 122 Å². The van der Waals surface area contributed by atoms with Gasteiger partial charge in [-0.3, -0.25) is 10.1 Å². The maximum Gasteiger partial charge on any atom is 0.274 e. The van der Waals surface area contributed by atoms with Gasteiger partial charge in [0.1, 0.15) is 16.7 Å². The monoisotopic (exact) mass is 342 g/mol. The van der Waals surface area contributed by atoms with Crippen molar-refractivity contribution in [3.05, 3.63) is 55.8 Å². The van der Waals surface area contributed by atoms with Crippen molar-refractivity contribution in [2.45, 2.75) is 6.92 Å². The van der Waals surface area contributed by atoms with Gasteiger partial charge in [-0.1, -0.05) is 27.5 Å². The molecule has 2 aromatic rings. The standard InChI is InChI=1S/C12H8BrClN2O3/c1-7-6-15-12(14)5-11(7)19-10-3-8(13)2-9(4-10)16(17)18/h2-6H,1H3. The van der Waals surface area contributed by atoms with Crippen LogP contribution in [-0.2, 0) is 0 Å². The highest BCUT2D eigenvalue weighted by atomic mass is 79.9. The zero-order chi connectivity index (χ0) is 14.0. The van der Waals surface area contributed by atoms with E-state index in [1.807, 2.05) is 6.92 Å². The molecule has 19 heavy (non-hydrogen) atoms. The molecule has 1 heterocycles. The largest absolute Gasteiger partial charge is 0.457 e. The van der Waals surface area contributed by atoms with Crippen LogP contribution in [0.3, 0.4) is 0 Å². The quantitative estimate of drug-likeness (QED) is 0.467. The Bertz CT molecular complexity index is 649. The summed E-state index contributed by atoms with van der Waals surface area (Å²) in [4.78, 5) is 14.2. The number of aryl methyl sites for hydroxylation is 1. The molecule has 1 aromatic heterocycles. The van der Waals surface area contributed by atoms with E-state index in [-0.39, 0.29) is 5.69 Å². The Morgan fingerprint density at radius 1 is 1.37 bits per heavy atom. The molecule has 0 aliphatic heterocycles. The van der Waals surface area contributed by atoms with Crippen molar-refractivity contribution in [3.63, 3.8) is 0 Å². The number of nitro benzene ring substituents is 1. The number of aromatic nitrogens is 1. The normalized spacial score (nSPS) is 10.3. The van der Waals surface area contributed by atoms with E-state index in [0.29, 0.717) is 21.1 Å². The molecule has 5 nitrogen and oxygen atoms in total. The lowest BCUT2D eigenvalue weighted by molar-refractivity contribution is -0.385. The van der Waals surface area contributed by atoms with Crippen LogP contribution < -0.4 is 4.74 Å². The lowest BCUT2D eigenvalue weighted by atomic mass is 10.3. The molecule has 0 radical (unpaired) electrons. The highest BCUT2D eigenvalue weighted by molar-refractivity contribution is 9.10. The van der Waals surface area contributed by atoms with E-state index in [1.165, 1.54) is 12.1 Å². The topological polar surface area (TPSA) is 65.3 Å². The molecule has 0 aliphatic rings. The summed E-state index contributed by atoms with van der Waals surface area (Å²) in [5.41, 5.74) is 0.731. The summed E-state index contributed by atoms with van der Waals surface area (Å²) >= 11 is 8.99. The van der Waals surface area contributed by atoms with Gasteiger partial charge in [-0.2, -0.15) is 0 Å². The van der Waals surface area contributed by atoms with Crippen molar-refractivity contribution < 1.29 is 9.66 Å². The lowest BCUT2D eigenvalue weighted by Gasteiger charge is -2.08. The molecule has 0 amide bonds. The average Bonchev–Trinajstić information content (AvgIpc) is 2.33. The summed E-state index contributed by atoms with van der Waals surface area (Å²) < 4.78 is 6.17. The molecule has 0 fully saturated rings. The molecule has 0 aliphatic carbocycles. The van der Waals surface area contributed by atoms with Crippen molar-refractivity contribution in [2.24, 2.45) is 0 Å². The van der Waals surface area contributed by atoms with Crippen LogP contribution >= 0.6 is 27.5 Å². The molecular formula is C12H8BrClN2O3. The maximum absolute atomic E-state index is 10.8. The summed E-state index contributed by atoms with van der Waals surface area (Å²) in [5.74, 6) is 0.860. The maximum atomic E-state index is 10.8. The van der Waals surface area contributed by atoms with Crippen LogP contribution in [0.15, 0.2) is 34.9 Å². The number of hydrogen-bond donors (Lipinski definition) is 0. The van der Waals surface area contributed by atoms with Gasteiger partial charge in [-0.15, -0.1) is 0 Å². The Morgan fingerprint density at radius 3 is 2.79 bits per heavy atom. The zero-order valence-electron chi connectivity index (χ0n) is 9.76. The van der Waals surface area contributed by atoms with E-state index in [0.717, 1.165) is 5.56 Å². The molecular weight excluding hydrogens is 336 g/mol. The molecule has 7 heteroatoms. The highest BCUT2D eigenvalue weighted by Gasteiger charge is 2.11. The minimum Gasteiger partial charge on any atom is -0.457 e. The van der Waals surface area contributed by atoms with E-state index in [1.54, 1.807) is 18.3 Å². The van der Waals surface area contributed by atoms with Crippen LogP contribution in [0, 0.1) is 17.0 Å². The van der Waals surface area contributed by atoms with Crippen LogP contribution in [-0.4, -0.2) is 9.91 Å². The van der Waals surface area contributed by atoms with Gasteiger partial charge in [-0.05, 0) is 13.0 Å². The molecule has 0 saturated heterocycles. The number of rotatable bonds is 3. The van der Waals surface area contributed by atoms with Crippen LogP contribution in [0.2, 0.25) is 5.15 Å². The van der Waals surface area contributed by atoms with E-state index >= 15 is 0 Å². The number of hydrogen-bond acceptors (Lipinski definition) is 4. The Kier molecular flexibility index (Phi) is 4.01. The van der Waals surface area contributed by atoms with Crippen LogP contribution in [0.5, 0.6) is 11.5 Å². The fraction of sp³-hybridized carbons (Fsp3) is 0.0833.